The Morgan fingerprint density at radius 1 is 1.16 bits per heavy atom. The first-order chi connectivity index (χ1) is 17.3. The maximum Gasteiger partial charge on any atom is 0.573 e. The average Bonchev–Trinajstić information content (AvgIpc) is 3.50. The van der Waals surface area contributed by atoms with Gasteiger partial charge in [0.25, 0.3) is 6.01 Å². The summed E-state index contributed by atoms with van der Waals surface area (Å²) in [5, 5.41) is 2.17. The van der Waals surface area contributed by atoms with Crippen LogP contribution in [-0.2, 0) is 4.74 Å². The number of hydrogen-bond donors (Lipinski definition) is 0. The Bertz CT molecular complexity index is 1340. The highest BCUT2D eigenvalue weighted by Gasteiger charge is 2.45. The first-order valence-electron chi connectivity index (χ1n) is 11.7. The maximum atomic E-state index is 13.3. The number of ether oxygens (including phenoxy) is 2. The van der Waals surface area contributed by atoms with Crippen LogP contribution < -0.4 is 9.64 Å². The van der Waals surface area contributed by atoms with E-state index in [1.54, 1.807) is 42.1 Å². The van der Waals surface area contributed by atoms with Gasteiger partial charge in [0.2, 0.25) is 0 Å². The molecule has 9 nitrogen and oxygen atoms in total. The molecule has 0 N–H and O–H groups in total. The van der Waals surface area contributed by atoms with Gasteiger partial charge >= 0.3 is 12.5 Å². The van der Waals surface area contributed by atoms with Crippen molar-refractivity contribution in [1.82, 2.24) is 14.9 Å². The lowest BCUT2D eigenvalue weighted by molar-refractivity contribution is -0.274. The third-order valence-electron chi connectivity index (χ3n) is 6.23. The molecule has 5 rings (SSSR count). The molecule has 0 radical (unpaired) electrons. The molecule has 2 saturated heterocycles. The van der Waals surface area contributed by atoms with Gasteiger partial charge in [0.15, 0.2) is 22.6 Å². The van der Waals surface area contributed by atoms with Gasteiger partial charge < -0.3 is 18.8 Å². The molecule has 2 bridgehead atoms. The molecule has 13 heteroatoms. The number of carbonyl (C=O) groups excluding carboxylic acids is 2. The molecular weight excluding hydrogens is 513 g/mol. The van der Waals surface area contributed by atoms with Crippen molar-refractivity contribution in [2.75, 3.05) is 18.0 Å². The van der Waals surface area contributed by atoms with Gasteiger partial charge in [-0.3, -0.25) is 9.69 Å². The number of thiazole rings is 1. The number of rotatable bonds is 4. The number of Topliss-reactive ketones (excluding diaryl/α,β-unsaturated/α-hetero) is 1. The number of hydrogen-bond acceptors (Lipinski definition) is 9. The second-order valence-electron chi connectivity index (χ2n) is 10.1. The topological polar surface area (TPSA) is 98.0 Å². The average molecular weight is 539 g/mol. The Balaban J connectivity index is 1.56. The fourth-order valence-electron chi connectivity index (χ4n) is 4.85. The Hall–Kier alpha value is -3.35. The predicted molar refractivity (Wildman–Crippen MR) is 129 cm³/mol. The molecular formula is C24H25F3N4O5S. The van der Waals surface area contributed by atoms with Crippen molar-refractivity contribution in [3.8, 4) is 16.3 Å². The number of nitrogens with zero attached hydrogens (tertiary/aromatic N) is 4. The van der Waals surface area contributed by atoms with E-state index in [1.165, 1.54) is 17.4 Å². The SMILES string of the molecule is CC(=O)c1cc(-c2nccs2)c2oc(N3CC4CCC(C3)N4C(=O)OC(C)(C)C)nc2c1OC(F)(F)F. The van der Waals surface area contributed by atoms with E-state index in [9.17, 15) is 22.8 Å². The summed E-state index contributed by atoms with van der Waals surface area (Å²) in [6.45, 7) is 7.30. The van der Waals surface area contributed by atoms with Gasteiger partial charge in [-0.1, -0.05) is 0 Å². The summed E-state index contributed by atoms with van der Waals surface area (Å²) in [5.74, 6) is -1.33. The van der Waals surface area contributed by atoms with Crippen LogP contribution in [0.4, 0.5) is 24.0 Å². The monoisotopic (exact) mass is 538 g/mol. The van der Waals surface area contributed by atoms with Crippen molar-refractivity contribution >= 4 is 40.3 Å². The minimum absolute atomic E-state index is 0.0381. The summed E-state index contributed by atoms with van der Waals surface area (Å²) in [7, 11) is 0. The Labute approximate surface area is 214 Å². The molecule has 0 spiro atoms. The van der Waals surface area contributed by atoms with Crippen molar-refractivity contribution in [3.05, 3.63) is 23.2 Å². The highest BCUT2D eigenvalue weighted by Crippen LogP contribution is 2.43. The van der Waals surface area contributed by atoms with Crippen LogP contribution in [0, 0.1) is 0 Å². The summed E-state index contributed by atoms with van der Waals surface area (Å²) in [6.07, 6.45) is -2.39. The number of benzene rings is 1. The van der Waals surface area contributed by atoms with Gasteiger partial charge in [0.05, 0.1) is 23.2 Å². The van der Waals surface area contributed by atoms with Crippen LogP contribution in [0.1, 0.15) is 50.9 Å². The van der Waals surface area contributed by atoms with Crippen molar-refractivity contribution < 1.29 is 36.7 Å². The molecule has 1 amide bonds. The number of oxazole rings is 1. The molecule has 37 heavy (non-hydrogen) atoms. The van der Waals surface area contributed by atoms with E-state index in [-0.39, 0.29) is 34.8 Å². The summed E-state index contributed by atoms with van der Waals surface area (Å²) in [5.41, 5.74) is -0.740. The smallest absolute Gasteiger partial charge is 0.444 e. The minimum atomic E-state index is -5.04. The number of amides is 1. The van der Waals surface area contributed by atoms with E-state index in [2.05, 4.69) is 14.7 Å². The number of fused-ring (bicyclic) bond motifs is 3. The van der Waals surface area contributed by atoms with Crippen LogP contribution in [0.3, 0.4) is 0 Å². The minimum Gasteiger partial charge on any atom is -0.444 e. The second-order valence-corrected chi connectivity index (χ2v) is 11.0. The lowest BCUT2D eigenvalue weighted by atomic mass is 10.0. The summed E-state index contributed by atoms with van der Waals surface area (Å²) in [6, 6.07) is 1.05. The standard InChI is InChI=1S/C24H25F3N4O5S/c1-12(32)15-9-16(20-28-7-8-37-20)18-17(19(15)35-24(25,26)27)29-21(34-18)30-10-13-5-6-14(11-30)31(13)22(33)36-23(2,3)4/h7-9,13-14H,5-6,10-11H2,1-4H3. The second kappa shape index (κ2) is 8.89. The molecule has 198 valence electrons. The molecule has 3 aromatic rings. The fourth-order valence-corrected chi connectivity index (χ4v) is 5.50. The first kappa shape index (κ1) is 25.3. The number of aromatic nitrogens is 2. The number of piperazine rings is 1. The van der Waals surface area contributed by atoms with Crippen molar-refractivity contribution in [1.29, 1.82) is 0 Å². The van der Waals surface area contributed by atoms with E-state index >= 15 is 0 Å². The summed E-state index contributed by atoms with van der Waals surface area (Å²) >= 11 is 1.25. The lowest BCUT2D eigenvalue weighted by Crippen LogP contribution is -2.56. The van der Waals surface area contributed by atoms with Gasteiger partial charge in [-0.25, -0.2) is 9.78 Å². The number of ketones is 1. The highest BCUT2D eigenvalue weighted by molar-refractivity contribution is 7.13. The molecule has 2 atom stereocenters. The van der Waals surface area contributed by atoms with Gasteiger partial charge in [0.1, 0.15) is 10.6 Å². The molecule has 0 saturated carbocycles. The molecule has 4 heterocycles. The molecule has 2 aliphatic heterocycles. The summed E-state index contributed by atoms with van der Waals surface area (Å²) in [4.78, 5) is 37.3. The highest BCUT2D eigenvalue weighted by atomic mass is 32.1. The van der Waals surface area contributed by atoms with Crippen LogP contribution >= 0.6 is 11.3 Å². The van der Waals surface area contributed by atoms with E-state index in [0.29, 0.717) is 23.7 Å². The Kier molecular flexibility index (Phi) is 6.08. The third kappa shape index (κ3) is 4.96. The van der Waals surface area contributed by atoms with Crippen molar-refractivity contribution in [2.24, 2.45) is 0 Å². The van der Waals surface area contributed by atoms with Gasteiger partial charge in [-0.05, 0) is 46.6 Å². The number of halogens is 3. The van der Waals surface area contributed by atoms with Crippen LogP contribution in [0.15, 0.2) is 22.1 Å². The van der Waals surface area contributed by atoms with Crippen LogP contribution in [0.2, 0.25) is 0 Å². The van der Waals surface area contributed by atoms with Crippen molar-refractivity contribution in [3.63, 3.8) is 0 Å². The normalized spacial score (nSPS) is 20.0. The van der Waals surface area contributed by atoms with Gasteiger partial charge in [0, 0.05) is 24.7 Å². The zero-order valence-corrected chi connectivity index (χ0v) is 21.4. The van der Waals surface area contributed by atoms with E-state index in [4.69, 9.17) is 9.15 Å². The van der Waals surface area contributed by atoms with Crippen LogP contribution in [0.5, 0.6) is 5.75 Å². The van der Waals surface area contributed by atoms with E-state index in [1.807, 2.05) is 0 Å². The maximum absolute atomic E-state index is 13.3. The third-order valence-corrected chi connectivity index (χ3v) is 7.03. The molecule has 2 aromatic heterocycles. The number of anilines is 1. The molecule has 2 aliphatic rings. The zero-order chi connectivity index (χ0) is 26.7. The lowest BCUT2D eigenvalue weighted by Gasteiger charge is -2.40. The molecule has 2 fully saturated rings. The Morgan fingerprint density at radius 2 is 1.84 bits per heavy atom. The molecule has 1 aromatic carbocycles. The van der Waals surface area contributed by atoms with E-state index in [0.717, 1.165) is 19.8 Å². The molecule has 2 unspecified atom stereocenters. The largest absolute Gasteiger partial charge is 0.573 e. The quantitative estimate of drug-likeness (QED) is 0.394. The zero-order valence-electron chi connectivity index (χ0n) is 20.6. The molecule has 0 aliphatic carbocycles. The Morgan fingerprint density at radius 3 is 2.38 bits per heavy atom. The summed E-state index contributed by atoms with van der Waals surface area (Å²) < 4.78 is 55.9. The van der Waals surface area contributed by atoms with Crippen molar-refractivity contribution in [2.45, 2.75) is 64.6 Å². The van der Waals surface area contributed by atoms with Crippen LogP contribution in [-0.4, -0.2) is 63.9 Å². The number of carbonyl (C=O) groups is 2. The van der Waals surface area contributed by atoms with Crippen LogP contribution in [0.25, 0.3) is 21.7 Å². The van der Waals surface area contributed by atoms with Gasteiger partial charge in [-0.2, -0.15) is 4.98 Å². The first-order valence-corrected chi connectivity index (χ1v) is 12.6. The van der Waals surface area contributed by atoms with E-state index < -0.39 is 29.6 Å². The van der Waals surface area contributed by atoms with Gasteiger partial charge in [-0.15, -0.1) is 24.5 Å². The number of alkyl halides is 3. The predicted octanol–water partition coefficient (Wildman–Crippen LogP) is 5.64. The fraction of sp³-hybridized carbons (Fsp3) is 0.500.